The van der Waals surface area contributed by atoms with Gasteiger partial charge in [0.05, 0.1) is 22.7 Å². The summed E-state index contributed by atoms with van der Waals surface area (Å²) in [5.74, 6) is 4.30. The Balaban J connectivity index is 1.11. The van der Waals surface area contributed by atoms with Crippen LogP contribution in [-0.2, 0) is 5.41 Å². The maximum absolute atomic E-state index is 9.78. The summed E-state index contributed by atoms with van der Waals surface area (Å²) in [6.07, 6.45) is 6.58. The van der Waals surface area contributed by atoms with Gasteiger partial charge in [-0.25, -0.2) is 15.0 Å². The molecule has 2 aliphatic carbocycles. The van der Waals surface area contributed by atoms with Gasteiger partial charge in [0.25, 0.3) is 0 Å². The number of nitrogens with zero attached hydrogens (tertiary/aromatic N) is 5. The Morgan fingerprint density at radius 2 is 1.28 bits per heavy atom. The first-order valence-corrected chi connectivity index (χ1v) is 21.1. The lowest BCUT2D eigenvalue weighted by Gasteiger charge is -2.50. The van der Waals surface area contributed by atoms with Gasteiger partial charge in [-0.05, 0) is 115 Å². The molecule has 57 heavy (non-hydrogen) atoms. The Morgan fingerprint density at radius 3 is 2.09 bits per heavy atom. The van der Waals surface area contributed by atoms with E-state index in [2.05, 4.69) is 140 Å². The quantitative estimate of drug-likeness (QED) is 0.175. The fourth-order valence-electron chi connectivity index (χ4n) is 10.8. The fourth-order valence-corrected chi connectivity index (χ4v) is 11.9. The number of aromatic nitrogens is 4. The van der Waals surface area contributed by atoms with Crippen molar-refractivity contribution in [2.24, 2.45) is 17.8 Å². The van der Waals surface area contributed by atoms with Crippen molar-refractivity contribution in [1.82, 2.24) is 19.5 Å². The van der Waals surface area contributed by atoms with Crippen molar-refractivity contribution in [3.05, 3.63) is 145 Å². The van der Waals surface area contributed by atoms with Crippen LogP contribution in [0.1, 0.15) is 57.1 Å². The highest BCUT2D eigenvalue weighted by atomic mass is 32.1. The average Bonchev–Trinajstić information content (AvgIpc) is 3.78. The molecule has 6 heteroatoms. The van der Waals surface area contributed by atoms with Crippen LogP contribution in [0, 0.1) is 29.1 Å². The van der Waals surface area contributed by atoms with Crippen LogP contribution < -0.4 is 0 Å². The van der Waals surface area contributed by atoms with E-state index in [1.54, 1.807) is 0 Å². The largest absolute Gasteiger partial charge is 0.309 e. The molecular formula is C51H41N5S. The third-order valence-electron chi connectivity index (χ3n) is 12.8. The standard InChI is InChI=1S/C51H41N5S/c1-31-23-34-24-32(2)28-51(27-31,29-34)37-20-17-35(18-21-37)48-53-49(36-19-22-46-42(26-36)39-11-4-6-16-45(39)57-46)55-50(54-48)41-13-8-15-44-47(41)40-12-3-5-14-43(40)56(44)38-10-7-9-33(25-38)30-52/h3-22,25-26,31-32,34H,23-24,27-29H2,1-2H3/t31-,32+,34?,51?. The minimum absolute atomic E-state index is 0.253. The van der Waals surface area contributed by atoms with Gasteiger partial charge in [0.2, 0.25) is 0 Å². The number of hydrogen-bond acceptors (Lipinski definition) is 5. The second-order valence-electron chi connectivity index (χ2n) is 16.8. The molecule has 0 amide bonds. The SMILES string of the molecule is C[C@@H]1CC2C[C@H](C)CC(c3ccc(-c4nc(-c5ccc6sc7ccccc7c6c5)nc(-c5cccc6c5c5ccccc5n6-c5cccc(C#N)c5)n4)cc3)(C2)C1. The van der Waals surface area contributed by atoms with E-state index in [1.165, 1.54) is 57.8 Å². The topological polar surface area (TPSA) is 67.4 Å². The first-order chi connectivity index (χ1) is 27.9. The van der Waals surface area contributed by atoms with E-state index in [0.29, 0.717) is 23.0 Å². The van der Waals surface area contributed by atoms with Gasteiger partial charge in [-0.3, -0.25) is 0 Å². The molecule has 0 saturated heterocycles. The molecule has 2 saturated carbocycles. The van der Waals surface area contributed by atoms with Gasteiger partial charge >= 0.3 is 0 Å². The highest BCUT2D eigenvalue weighted by Crippen LogP contribution is 2.54. The molecule has 2 aliphatic rings. The summed E-state index contributed by atoms with van der Waals surface area (Å²) in [5.41, 5.74) is 8.28. The Bertz CT molecular complexity index is 3050. The number of benzene rings is 6. The molecule has 0 aliphatic heterocycles. The van der Waals surface area contributed by atoms with Crippen LogP contribution in [0.15, 0.2) is 133 Å². The summed E-state index contributed by atoms with van der Waals surface area (Å²) in [7, 11) is 0. The minimum atomic E-state index is 0.253. The van der Waals surface area contributed by atoms with E-state index >= 15 is 0 Å². The van der Waals surface area contributed by atoms with Crippen molar-refractivity contribution in [2.45, 2.75) is 51.4 Å². The highest BCUT2D eigenvalue weighted by Gasteiger charge is 2.45. The first kappa shape index (κ1) is 34.1. The van der Waals surface area contributed by atoms with E-state index in [0.717, 1.165) is 61.9 Å². The van der Waals surface area contributed by atoms with Crippen molar-refractivity contribution >= 4 is 53.3 Å². The van der Waals surface area contributed by atoms with Crippen LogP contribution in [0.5, 0.6) is 0 Å². The van der Waals surface area contributed by atoms with E-state index in [4.69, 9.17) is 15.0 Å². The lowest BCUT2D eigenvalue weighted by Crippen LogP contribution is -2.42. The van der Waals surface area contributed by atoms with E-state index in [9.17, 15) is 5.26 Å². The Morgan fingerprint density at radius 1 is 0.614 bits per heavy atom. The fraction of sp³-hybridized carbons (Fsp3) is 0.216. The molecule has 2 bridgehead atoms. The van der Waals surface area contributed by atoms with E-state index < -0.39 is 0 Å². The van der Waals surface area contributed by atoms with Crippen molar-refractivity contribution < 1.29 is 0 Å². The summed E-state index contributed by atoms with van der Waals surface area (Å²) in [5, 5.41) is 14.4. The van der Waals surface area contributed by atoms with Crippen molar-refractivity contribution in [1.29, 1.82) is 5.26 Å². The average molecular weight is 756 g/mol. The zero-order valence-corrected chi connectivity index (χ0v) is 32.9. The molecule has 2 fully saturated rings. The van der Waals surface area contributed by atoms with Crippen LogP contribution in [0.25, 0.3) is 81.8 Å². The zero-order chi connectivity index (χ0) is 38.3. The molecule has 3 heterocycles. The van der Waals surface area contributed by atoms with Crippen LogP contribution in [0.4, 0.5) is 0 Å². The maximum Gasteiger partial charge on any atom is 0.164 e. The van der Waals surface area contributed by atoms with E-state index in [1.807, 2.05) is 29.5 Å². The molecule has 276 valence electrons. The van der Waals surface area contributed by atoms with Crippen LogP contribution in [-0.4, -0.2) is 19.5 Å². The summed E-state index contributed by atoms with van der Waals surface area (Å²) in [4.78, 5) is 15.9. The maximum atomic E-state index is 9.78. The molecule has 2 unspecified atom stereocenters. The smallest absolute Gasteiger partial charge is 0.164 e. The molecule has 0 N–H and O–H groups in total. The zero-order valence-electron chi connectivity index (χ0n) is 32.1. The van der Waals surface area contributed by atoms with Gasteiger partial charge in [0.1, 0.15) is 0 Å². The number of thiophene rings is 1. The molecule has 0 radical (unpaired) electrons. The Kier molecular flexibility index (Phi) is 7.91. The monoisotopic (exact) mass is 755 g/mol. The normalized spacial score (nSPS) is 20.7. The predicted molar refractivity (Wildman–Crippen MR) is 235 cm³/mol. The molecule has 9 aromatic rings. The van der Waals surface area contributed by atoms with Crippen LogP contribution in [0.3, 0.4) is 0 Å². The number of hydrogen-bond donors (Lipinski definition) is 0. The van der Waals surface area contributed by atoms with Crippen LogP contribution >= 0.6 is 11.3 Å². The third-order valence-corrected chi connectivity index (χ3v) is 14.0. The molecule has 0 spiro atoms. The van der Waals surface area contributed by atoms with Gasteiger partial charge < -0.3 is 4.57 Å². The van der Waals surface area contributed by atoms with Gasteiger partial charge in [0, 0.05) is 53.3 Å². The summed E-state index contributed by atoms with van der Waals surface area (Å²) < 4.78 is 4.77. The second-order valence-corrected chi connectivity index (χ2v) is 17.9. The predicted octanol–water partition coefficient (Wildman–Crippen LogP) is 13.3. The van der Waals surface area contributed by atoms with Gasteiger partial charge in [0.15, 0.2) is 17.5 Å². The Hall–Kier alpha value is -6.16. The molecular weight excluding hydrogens is 715 g/mol. The van der Waals surface area contributed by atoms with Crippen LogP contribution in [0.2, 0.25) is 0 Å². The number of fused-ring (bicyclic) bond motifs is 8. The minimum Gasteiger partial charge on any atom is -0.309 e. The summed E-state index contributed by atoms with van der Waals surface area (Å²) >= 11 is 1.82. The summed E-state index contributed by atoms with van der Waals surface area (Å²) in [6.45, 7) is 4.91. The number of nitriles is 1. The first-order valence-electron chi connectivity index (χ1n) is 20.2. The van der Waals surface area contributed by atoms with Gasteiger partial charge in [-0.2, -0.15) is 5.26 Å². The van der Waals surface area contributed by atoms with Crippen molar-refractivity contribution in [2.75, 3.05) is 0 Å². The molecule has 11 rings (SSSR count). The lowest BCUT2D eigenvalue weighted by atomic mass is 9.54. The number of rotatable bonds is 5. The molecule has 5 nitrogen and oxygen atoms in total. The molecule has 4 atom stereocenters. The highest BCUT2D eigenvalue weighted by molar-refractivity contribution is 7.25. The lowest BCUT2D eigenvalue weighted by molar-refractivity contribution is 0.0780. The third kappa shape index (κ3) is 5.67. The van der Waals surface area contributed by atoms with Crippen molar-refractivity contribution in [3.8, 4) is 45.9 Å². The second kappa shape index (κ2) is 13.2. The summed E-state index contributed by atoms with van der Waals surface area (Å²) in [6, 6.07) is 49.5. The van der Waals surface area contributed by atoms with E-state index in [-0.39, 0.29) is 5.41 Å². The Labute approximate surface area is 336 Å². The van der Waals surface area contributed by atoms with Gasteiger partial charge in [-0.1, -0.05) is 92.7 Å². The van der Waals surface area contributed by atoms with Crippen molar-refractivity contribution in [3.63, 3.8) is 0 Å². The van der Waals surface area contributed by atoms with Gasteiger partial charge in [-0.15, -0.1) is 11.3 Å². The molecule has 6 aromatic carbocycles. The molecule has 3 aromatic heterocycles. The number of para-hydroxylation sites is 1.